The van der Waals surface area contributed by atoms with Crippen LogP contribution in [0, 0.1) is 0 Å². The third-order valence-corrected chi connectivity index (χ3v) is 2.80. The van der Waals surface area contributed by atoms with E-state index in [2.05, 4.69) is 20.5 Å². The summed E-state index contributed by atoms with van der Waals surface area (Å²) in [5.41, 5.74) is 4.24. The number of hydrogen-bond acceptors (Lipinski definition) is 4. The number of H-pyrrole nitrogens is 2. The summed E-state index contributed by atoms with van der Waals surface area (Å²) in [6.45, 7) is 0.704. The Bertz CT molecular complexity index is 738. The van der Waals surface area contributed by atoms with Crippen molar-refractivity contribution in [2.75, 3.05) is 7.05 Å². The maximum Gasteiger partial charge on any atom is 0.417 e. The summed E-state index contributed by atoms with van der Waals surface area (Å²) in [6, 6.07) is 5.56. The average molecular weight is 244 g/mol. The Labute approximate surface area is 102 Å². The molecule has 0 bridgehead atoms. The lowest BCUT2D eigenvalue weighted by atomic mass is 10.1. The van der Waals surface area contributed by atoms with Gasteiger partial charge in [-0.3, -0.25) is 10.1 Å². The highest BCUT2D eigenvalue weighted by Crippen LogP contribution is 2.24. The van der Waals surface area contributed by atoms with E-state index in [1.807, 2.05) is 19.2 Å². The van der Waals surface area contributed by atoms with Gasteiger partial charge in [-0.2, -0.15) is 5.10 Å². The van der Waals surface area contributed by atoms with Gasteiger partial charge in [-0.1, -0.05) is 6.07 Å². The summed E-state index contributed by atoms with van der Waals surface area (Å²) in [4.78, 5) is 13.7. The van der Waals surface area contributed by atoms with Gasteiger partial charge >= 0.3 is 5.76 Å². The van der Waals surface area contributed by atoms with Crippen LogP contribution in [0.15, 0.2) is 33.6 Å². The molecule has 92 valence electrons. The molecule has 3 aromatic rings. The maximum atomic E-state index is 11.1. The average Bonchev–Trinajstić information content (AvgIpc) is 2.93. The summed E-state index contributed by atoms with van der Waals surface area (Å²) in [6.07, 6.45) is 1.77. The molecule has 2 aromatic heterocycles. The van der Waals surface area contributed by atoms with Crippen molar-refractivity contribution in [3.05, 3.63) is 40.6 Å². The van der Waals surface area contributed by atoms with Crippen molar-refractivity contribution in [2.24, 2.45) is 0 Å². The standard InChI is InChI=1S/C12H12N4O2/c1-13-6-10-8(5-14-16-10)7-2-3-11-9(4-7)15-12(17)18-11/h2-5,13H,6H2,1H3,(H,14,16)(H,15,17). The largest absolute Gasteiger partial charge is 0.417 e. The van der Waals surface area contributed by atoms with Crippen LogP contribution in [0.5, 0.6) is 0 Å². The predicted molar refractivity (Wildman–Crippen MR) is 67.2 cm³/mol. The SMILES string of the molecule is CNCc1[nH]ncc1-c1ccc2oc(=O)[nH]c2c1. The molecule has 1 aromatic carbocycles. The summed E-state index contributed by atoms with van der Waals surface area (Å²) >= 11 is 0. The van der Waals surface area contributed by atoms with E-state index in [0.29, 0.717) is 17.6 Å². The smallest absolute Gasteiger partial charge is 0.408 e. The zero-order chi connectivity index (χ0) is 12.5. The first kappa shape index (κ1) is 10.8. The zero-order valence-electron chi connectivity index (χ0n) is 9.78. The van der Waals surface area contributed by atoms with Gasteiger partial charge in [0.25, 0.3) is 0 Å². The van der Waals surface area contributed by atoms with Crippen molar-refractivity contribution in [3.8, 4) is 11.1 Å². The van der Waals surface area contributed by atoms with Crippen LogP contribution in [-0.2, 0) is 6.54 Å². The minimum Gasteiger partial charge on any atom is -0.408 e. The van der Waals surface area contributed by atoms with E-state index in [0.717, 1.165) is 16.8 Å². The topological polar surface area (TPSA) is 86.7 Å². The van der Waals surface area contributed by atoms with Crippen LogP contribution >= 0.6 is 0 Å². The molecule has 0 amide bonds. The Morgan fingerprint density at radius 1 is 1.44 bits per heavy atom. The maximum absolute atomic E-state index is 11.1. The lowest BCUT2D eigenvalue weighted by molar-refractivity contribution is 0.555. The van der Waals surface area contributed by atoms with Crippen molar-refractivity contribution in [1.82, 2.24) is 20.5 Å². The van der Waals surface area contributed by atoms with Crippen molar-refractivity contribution >= 4 is 11.1 Å². The summed E-state index contributed by atoms with van der Waals surface area (Å²) in [7, 11) is 1.88. The van der Waals surface area contributed by atoms with E-state index in [1.165, 1.54) is 0 Å². The lowest BCUT2D eigenvalue weighted by Gasteiger charge is -2.02. The molecule has 0 fully saturated rings. The second kappa shape index (κ2) is 4.15. The normalized spacial score (nSPS) is 11.2. The highest BCUT2D eigenvalue weighted by Gasteiger charge is 2.09. The number of nitrogens with one attached hydrogen (secondary N) is 3. The molecule has 0 aliphatic heterocycles. The molecule has 0 atom stereocenters. The molecule has 2 heterocycles. The van der Waals surface area contributed by atoms with E-state index in [-0.39, 0.29) is 0 Å². The Hall–Kier alpha value is -2.34. The van der Waals surface area contributed by atoms with Gasteiger partial charge in [0.1, 0.15) is 0 Å². The van der Waals surface area contributed by atoms with Gasteiger partial charge in [0.05, 0.1) is 17.4 Å². The third kappa shape index (κ3) is 1.72. The number of nitrogens with zero attached hydrogens (tertiary/aromatic N) is 1. The van der Waals surface area contributed by atoms with E-state index < -0.39 is 5.76 Å². The van der Waals surface area contributed by atoms with E-state index in [4.69, 9.17) is 4.42 Å². The summed E-state index contributed by atoms with van der Waals surface area (Å²) < 4.78 is 4.97. The van der Waals surface area contributed by atoms with E-state index in [9.17, 15) is 4.79 Å². The fourth-order valence-corrected chi connectivity index (χ4v) is 1.99. The first-order valence-corrected chi connectivity index (χ1v) is 5.58. The van der Waals surface area contributed by atoms with Crippen LogP contribution in [-0.4, -0.2) is 22.2 Å². The Kier molecular flexibility index (Phi) is 2.49. The molecule has 3 rings (SSSR count). The quantitative estimate of drug-likeness (QED) is 0.646. The summed E-state index contributed by atoms with van der Waals surface area (Å²) in [5, 5.41) is 10.1. The number of benzene rings is 1. The highest BCUT2D eigenvalue weighted by molar-refractivity contribution is 5.80. The molecule has 6 heteroatoms. The van der Waals surface area contributed by atoms with Crippen molar-refractivity contribution in [2.45, 2.75) is 6.54 Å². The molecule has 0 aliphatic carbocycles. The van der Waals surface area contributed by atoms with Gasteiger partial charge < -0.3 is 9.73 Å². The van der Waals surface area contributed by atoms with Gasteiger partial charge in [0, 0.05) is 12.1 Å². The van der Waals surface area contributed by atoms with Crippen molar-refractivity contribution < 1.29 is 4.42 Å². The first-order valence-electron chi connectivity index (χ1n) is 5.58. The Morgan fingerprint density at radius 2 is 2.33 bits per heavy atom. The van der Waals surface area contributed by atoms with Crippen molar-refractivity contribution in [3.63, 3.8) is 0 Å². The minimum absolute atomic E-state index is 0.440. The molecular weight excluding hydrogens is 232 g/mol. The van der Waals surface area contributed by atoms with Crippen molar-refractivity contribution in [1.29, 1.82) is 0 Å². The summed E-state index contributed by atoms with van der Waals surface area (Å²) in [5.74, 6) is -0.440. The molecule has 3 N–H and O–H groups in total. The number of fused-ring (bicyclic) bond motifs is 1. The van der Waals surface area contributed by atoms with Crippen LogP contribution in [0.2, 0.25) is 0 Å². The second-order valence-electron chi connectivity index (χ2n) is 4.02. The van der Waals surface area contributed by atoms with Gasteiger partial charge in [-0.25, -0.2) is 4.79 Å². The lowest BCUT2D eigenvalue weighted by Crippen LogP contribution is -2.06. The van der Waals surface area contributed by atoms with Crippen LogP contribution in [0.25, 0.3) is 22.2 Å². The van der Waals surface area contributed by atoms with E-state index >= 15 is 0 Å². The van der Waals surface area contributed by atoms with Gasteiger partial charge in [0.2, 0.25) is 0 Å². The highest BCUT2D eigenvalue weighted by atomic mass is 16.4. The number of aromatic amines is 2. The molecule has 0 unspecified atom stereocenters. The fraction of sp³-hybridized carbons (Fsp3) is 0.167. The molecule has 0 saturated carbocycles. The monoisotopic (exact) mass is 244 g/mol. The number of oxazole rings is 1. The van der Waals surface area contributed by atoms with Gasteiger partial charge in [0.15, 0.2) is 5.58 Å². The molecule has 0 aliphatic rings. The third-order valence-electron chi connectivity index (χ3n) is 2.80. The van der Waals surface area contributed by atoms with Crippen LogP contribution in [0.1, 0.15) is 5.69 Å². The molecular formula is C12H12N4O2. The Morgan fingerprint density at radius 3 is 3.17 bits per heavy atom. The zero-order valence-corrected chi connectivity index (χ0v) is 9.78. The fourth-order valence-electron chi connectivity index (χ4n) is 1.99. The number of aromatic nitrogens is 3. The molecule has 18 heavy (non-hydrogen) atoms. The van der Waals surface area contributed by atoms with Crippen LogP contribution in [0.3, 0.4) is 0 Å². The van der Waals surface area contributed by atoms with Gasteiger partial charge in [-0.15, -0.1) is 0 Å². The number of hydrogen-bond donors (Lipinski definition) is 3. The molecule has 0 spiro atoms. The van der Waals surface area contributed by atoms with E-state index in [1.54, 1.807) is 12.3 Å². The molecule has 6 nitrogen and oxygen atoms in total. The van der Waals surface area contributed by atoms with Gasteiger partial charge in [-0.05, 0) is 24.7 Å². The Balaban J connectivity index is 2.12. The van der Waals surface area contributed by atoms with Crippen LogP contribution < -0.4 is 11.1 Å². The number of rotatable bonds is 3. The van der Waals surface area contributed by atoms with Crippen LogP contribution in [0.4, 0.5) is 0 Å². The first-order chi connectivity index (χ1) is 8.78. The predicted octanol–water partition coefficient (Wildman–Crippen LogP) is 1.23. The molecule has 0 saturated heterocycles. The second-order valence-corrected chi connectivity index (χ2v) is 4.02. The molecule has 0 radical (unpaired) electrons. The minimum atomic E-state index is -0.440.